The van der Waals surface area contributed by atoms with Crippen molar-refractivity contribution in [2.24, 2.45) is 0 Å². The van der Waals surface area contributed by atoms with Crippen LogP contribution < -0.4 is 10.6 Å². The van der Waals surface area contributed by atoms with E-state index in [1.807, 2.05) is 48.5 Å². The van der Waals surface area contributed by atoms with E-state index in [2.05, 4.69) is 42.5 Å². The van der Waals surface area contributed by atoms with Crippen molar-refractivity contribution >= 4 is 55.0 Å². The summed E-state index contributed by atoms with van der Waals surface area (Å²) in [6.07, 6.45) is 0. The molecule has 6 heteroatoms. The van der Waals surface area contributed by atoms with Gasteiger partial charge in [0.15, 0.2) is 0 Å². The highest BCUT2D eigenvalue weighted by Crippen LogP contribution is 2.23. The lowest BCUT2D eigenvalue weighted by Gasteiger charge is -2.09. The van der Waals surface area contributed by atoms with E-state index in [0.717, 1.165) is 8.95 Å². The summed E-state index contributed by atoms with van der Waals surface area (Å²) in [7, 11) is 0. The van der Waals surface area contributed by atoms with Crippen molar-refractivity contribution in [3.05, 3.63) is 92.9 Å². The Balaban J connectivity index is 1.70. The van der Waals surface area contributed by atoms with Crippen LogP contribution >= 0.6 is 31.9 Å². The Labute approximate surface area is 167 Å². The second-order valence-electron chi connectivity index (χ2n) is 5.45. The molecule has 0 aliphatic rings. The second-order valence-corrected chi connectivity index (χ2v) is 7.15. The molecule has 0 aliphatic carbocycles. The Kier molecular flexibility index (Phi) is 5.85. The number of carbonyl (C=O) groups excluding carboxylic acids is 2. The topological polar surface area (TPSA) is 58.2 Å². The zero-order valence-corrected chi connectivity index (χ0v) is 16.7. The number of amides is 2. The van der Waals surface area contributed by atoms with E-state index in [1.54, 1.807) is 24.3 Å². The number of para-hydroxylation sites is 2. The Bertz CT molecular complexity index is 878. The third-order valence-electron chi connectivity index (χ3n) is 3.65. The van der Waals surface area contributed by atoms with E-state index >= 15 is 0 Å². The van der Waals surface area contributed by atoms with E-state index in [-0.39, 0.29) is 11.8 Å². The van der Waals surface area contributed by atoms with Gasteiger partial charge in [-0.2, -0.15) is 0 Å². The number of rotatable bonds is 4. The van der Waals surface area contributed by atoms with Crippen LogP contribution in [0.15, 0.2) is 81.7 Å². The van der Waals surface area contributed by atoms with Crippen LogP contribution in [0.5, 0.6) is 0 Å². The normalized spacial score (nSPS) is 10.2. The molecule has 0 bridgehead atoms. The van der Waals surface area contributed by atoms with Crippen LogP contribution in [0.3, 0.4) is 0 Å². The number of benzene rings is 3. The first-order valence-corrected chi connectivity index (χ1v) is 9.35. The maximum absolute atomic E-state index is 12.3. The summed E-state index contributed by atoms with van der Waals surface area (Å²) in [5.74, 6) is -0.482. The first-order chi connectivity index (χ1) is 12.5. The Morgan fingerprint density at radius 1 is 0.577 bits per heavy atom. The average Bonchev–Trinajstić information content (AvgIpc) is 2.65. The lowest BCUT2D eigenvalue weighted by molar-refractivity contribution is 0.101. The maximum Gasteiger partial charge on any atom is 0.255 e. The molecule has 0 saturated carbocycles. The van der Waals surface area contributed by atoms with Gasteiger partial charge in [-0.25, -0.2) is 0 Å². The Morgan fingerprint density at radius 2 is 0.923 bits per heavy atom. The predicted octanol–water partition coefficient (Wildman–Crippen LogP) is 5.72. The summed E-state index contributed by atoms with van der Waals surface area (Å²) in [6, 6.07) is 21.3. The number of hydrogen-bond acceptors (Lipinski definition) is 2. The smallest absolute Gasteiger partial charge is 0.255 e. The fourth-order valence-corrected chi connectivity index (χ4v) is 3.05. The minimum Gasteiger partial charge on any atom is -0.321 e. The number of halogens is 2. The minimum absolute atomic E-state index is 0.241. The molecule has 3 aromatic carbocycles. The lowest BCUT2D eigenvalue weighted by Crippen LogP contribution is -2.14. The van der Waals surface area contributed by atoms with E-state index in [0.29, 0.717) is 22.5 Å². The standard InChI is InChI=1S/C20H14Br2N2O2/c21-15-5-1-3-7-17(15)23-19(25)13-9-11-14(12-10-13)20(26)24-18-8-4-2-6-16(18)22/h1-12H,(H,23,25)(H,24,26). The molecule has 3 aromatic rings. The molecule has 0 unspecified atom stereocenters. The third kappa shape index (κ3) is 4.39. The summed E-state index contributed by atoms with van der Waals surface area (Å²) in [5, 5.41) is 5.66. The van der Waals surface area contributed by atoms with Gasteiger partial charge in [-0.15, -0.1) is 0 Å². The van der Waals surface area contributed by atoms with Gasteiger partial charge < -0.3 is 10.6 Å². The highest BCUT2D eigenvalue weighted by Gasteiger charge is 2.11. The van der Waals surface area contributed by atoms with Gasteiger partial charge >= 0.3 is 0 Å². The number of nitrogens with one attached hydrogen (secondary N) is 2. The molecule has 2 N–H and O–H groups in total. The molecule has 0 atom stereocenters. The molecule has 2 amide bonds. The number of carbonyl (C=O) groups is 2. The molecule has 0 saturated heterocycles. The van der Waals surface area contributed by atoms with Crippen LogP contribution in [0.4, 0.5) is 11.4 Å². The van der Waals surface area contributed by atoms with E-state index in [9.17, 15) is 9.59 Å². The molecular formula is C20H14Br2N2O2. The molecule has 26 heavy (non-hydrogen) atoms. The summed E-state index contributed by atoms with van der Waals surface area (Å²) in [5.41, 5.74) is 2.32. The average molecular weight is 474 g/mol. The minimum atomic E-state index is -0.241. The SMILES string of the molecule is O=C(Nc1ccccc1Br)c1ccc(C(=O)Nc2ccccc2Br)cc1. The van der Waals surface area contributed by atoms with Gasteiger partial charge in [-0.3, -0.25) is 9.59 Å². The summed E-state index contributed by atoms with van der Waals surface area (Å²) < 4.78 is 1.61. The highest BCUT2D eigenvalue weighted by atomic mass is 79.9. The van der Waals surface area contributed by atoms with Crippen molar-refractivity contribution in [3.8, 4) is 0 Å². The van der Waals surface area contributed by atoms with E-state index in [4.69, 9.17) is 0 Å². The van der Waals surface area contributed by atoms with Crippen LogP contribution in [-0.4, -0.2) is 11.8 Å². The van der Waals surface area contributed by atoms with Gasteiger partial charge in [0.1, 0.15) is 0 Å². The van der Waals surface area contributed by atoms with Crippen LogP contribution in [0.2, 0.25) is 0 Å². The molecule has 0 spiro atoms. The van der Waals surface area contributed by atoms with Crippen LogP contribution in [0.25, 0.3) is 0 Å². The van der Waals surface area contributed by atoms with Gasteiger partial charge in [0.2, 0.25) is 0 Å². The fourth-order valence-electron chi connectivity index (χ4n) is 2.29. The highest BCUT2D eigenvalue weighted by molar-refractivity contribution is 9.11. The first-order valence-electron chi connectivity index (χ1n) is 7.76. The summed E-state index contributed by atoms with van der Waals surface area (Å²) in [6.45, 7) is 0. The van der Waals surface area contributed by atoms with Gasteiger partial charge in [0.05, 0.1) is 11.4 Å². The Hall–Kier alpha value is -2.44. The third-order valence-corrected chi connectivity index (χ3v) is 5.04. The summed E-state index contributed by atoms with van der Waals surface area (Å²) >= 11 is 6.79. The molecular weight excluding hydrogens is 460 g/mol. The van der Waals surface area contributed by atoms with E-state index in [1.165, 1.54) is 0 Å². The first kappa shape index (κ1) is 18.4. The maximum atomic E-state index is 12.3. The van der Waals surface area contributed by atoms with Crippen molar-refractivity contribution in [2.45, 2.75) is 0 Å². The summed E-state index contributed by atoms with van der Waals surface area (Å²) in [4.78, 5) is 24.7. The van der Waals surface area contributed by atoms with Crippen LogP contribution in [-0.2, 0) is 0 Å². The zero-order chi connectivity index (χ0) is 18.5. The number of hydrogen-bond donors (Lipinski definition) is 2. The lowest BCUT2D eigenvalue weighted by atomic mass is 10.1. The Morgan fingerprint density at radius 3 is 1.27 bits per heavy atom. The molecule has 3 rings (SSSR count). The number of anilines is 2. The van der Waals surface area contributed by atoms with Crippen molar-refractivity contribution < 1.29 is 9.59 Å². The molecule has 0 aromatic heterocycles. The molecule has 130 valence electrons. The largest absolute Gasteiger partial charge is 0.321 e. The van der Waals surface area contributed by atoms with Crippen molar-refractivity contribution in [1.29, 1.82) is 0 Å². The monoisotopic (exact) mass is 472 g/mol. The van der Waals surface area contributed by atoms with Crippen LogP contribution in [0.1, 0.15) is 20.7 Å². The van der Waals surface area contributed by atoms with Crippen molar-refractivity contribution in [1.82, 2.24) is 0 Å². The van der Waals surface area contributed by atoms with Crippen molar-refractivity contribution in [2.75, 3.05) is 10.6 Å². The van der Waals surface area contributed by atoms with E-state index < -0.39 is 0 Å². The second kappa shape index (κ2) is 8.29. The van der Waals surface area contributed by atoms with Gasteiger partial charge in [0.25, 0.3) is 11.8 Å². The van der Waals surface area contributed by atoms with Gasteiger partial charge in [-0.05, 0) is 80.4 Å². The van der Waals surface area contributed by atoms with Crippen molar-refractivity contribution in [3.63, 3.8) is 0 Å². The quantitative estimate of drug-likeness (QED) is 0.509. The molecule has 0 heterocycles. The van der Waals surface area contributed by atoms with Gasteiger partial charge in [-0.1, -0.05) is 24.3 Å². The molecule has 4 nitrogen and oxygen atoms in total. The molecule has 0 fully saturated rings. The zero-order valence-electron chi connectivity index (χ0n) is 13.5. The molecule has 0 radical (unpaired) electrons. The van der Waals surface area contributed by atoms with Gasteiger partial charge in [0, 0.05) is 20.1 Å². The molecule has 0 aliphatic heterocycles. The fraction of sp³-hybridized carbons (Fsp3) is 0. The van der Waals surface area contributed by atoms with Crippen LogP contribution in [0, 0.1) is 0 Å². The predicted molar refractivity (Wildman–Crippen MR) is 111 cm³/mol.